The van der Waals surface area contributed by atoms with Gasteiger partial charge in [0.25, 0.3) is 0 Å². The molecule has 4 nitrogen and oxygen atoms in total. The third kappa shape index (κ3) is 3.93. The molecule has 0 aromatic heterocycles. The van der Waals surface area contributed by atoms with Crippen LogP contribution in [0.15, 0.2) is 0 Å². The van der Waals surface area contributed by atoms with Gasteiger partial charge in [0.15, 0.2) is 12.0 Å². The van der Waals surface area contributed by atoms with Crippen molar-refractivity contribution in [3.63, 3.8) is 0 Å². The summed E-state index contributed by atoms with van der Waals surface area (Å²) in [5.41, 5.74) is -3.16. The van der Waals surface area contributed by atoms with Crippen molar-refractivity contribution in [2.24, 2.45) is 5.41 Å². The lowest BCUT2D eigenvalue weighted by molar-refractivity contribution is -0.231. The van der Waals surface area contributed by atoms with Crippen LogP contribution in [0.4, 0.5) is 13.2 Å². The maximum absolute atomic E-state index is 12.9. The predicted molar refractivity (Wildman–Crippen MR) is 73.0 cm³/mol. The summed E-state index contributed by atoms with van der Waals surface area (Å²) in [4.78, 5) is 23.4. The molecule has 0 aromatic rings. The Hall–Kier alpha value is -1.27. The average Bonchev–Trinajstić information content (AvgIpc) is 2.91. The summed E-state index contributed by atoms with van der Waals surface area (Å²) < 4.78 is 48.6. The summed E-state index contributed by atoms with van der Waals surface area (Å²) in [5.74, 6) is -2.24. The van der Waals surface area contributed by atoms with Gasteiger partial charge in [0, 0.05) is 0 Å². The van der Waals surface area contributed by atoms with E-state index in [2.05, 4.69) is 4.74 Å². The van der Waals surface area contributed by atoms with E-state index in [0.29, 0.717) is 6.42 Å². The van der Waals surface area contributed by atoms with Crippen molar-refractivity contribution in [2.45, 2.75) is 71.1 Å². The predicted octanol–water partition coefficient (Wildman–Crippen LogP) is 3.77. The van der Waals surface area contributed by atoms with E-state index in [-0.39, 0.29) is 0 Å². The minimum Gasteiger partial charge on any atom is -0.457 e. The van der Waals surface area contributed by atoms with Gasteiger partial charge in [0.1, 0.15) is 5.60 Å². The molecule has 1 unspecified atom stereocenters. The molecule has 22 heavy (non-hydrogen) atoms. The number of hydrogen-bond donors (Lipinski definition) is 0. The number of esters is 2. The summed E-state index contributed by atoms with van der Waals surface area (Å²) in [7, 11) is 0. The highest BCUT2D eigenvalue weighted by Crippen LogP contribution is 2.42. The molecule has 0 amide bonds. The second kappa shape index (κ2) is 6.87. The maximum Gasteiger partial charge on any atom is 0.404 e. The molecule has 0 heterocycles. The Morgan fingerprint density at radius 1 is 1.14 bits per heavy atom. The zero-order valence-electron chi connectivity index (χ0n) is 13.2. The lowest BCUT2D eigenvalue weighted by atomic mass is 9.87. The van der Waals surface area contributed by atoms with Crippen molar-refractivity contribution < 1.29 is 32.2 Å². The SMILES string of the molecule is CCC1(OC(=O)COC(=O)C(C)(CC)C(F)(F)F)CCCC1. The molecule has 0 spiro atoms. The first-order valence-corrected chi connectivity index (χ1v) is 7.56. The van der Waals surface area contributed by atoms with Crippen molar-refractivity contribution in [3.8, 4) is 0 Å². The maximum atomic E-state index is 12.9. The van der Waals surface area contributed by atoms with E-state index in [9.17, 15) is 22.8 Å². The third-order valence-electron chi connectivity index (χ3n) is 4.59. The van der Waals surface area contributed by atoms with Crippen LogP contribution in [0.5, 0.6) is 0 Å². The molecule has 0 aromatic carbocycles. The molecule has 0 saturated heterocycles. The van der Waals surface area contributed by atoms with Gasteiger partial charge in [-0.05, 0) is 45.4 Å². The van der Waals surface area contributed by atoms with Crippen molar-refractivity contribution in [1.82, 2.24) is 0 Å². The van der Waals surface area contributed by atoms with Gasteiger partial charge in [0.2, 0.25) is 0 Å². The molecule has 1 fully saturated rings. The highest BCUT2D eigenvalue weighted by molar-refractivity contribution is 5.81. The summed E-state index contributed by atoms with van der Waals surface area (Å²) >= 11 is 0. The molecular weight excluding hydrogens is 301 g/mol. The van der Waals surface area contributed by atoms with Crippen LogP contribution in [0.3, 0.4) is 0 Å². The molecular formula is C15H23F3O4. The fourth-order valence-electron chi connectivity index (χ4n) is 2.56. The summed E-state index contributed by atoms with van der Waals surface area (Å²) in [6.45, 7) is 3.12. The minimum absolute atomic E-state index is 0.455. The van der Waals surface area contributed by atoms with Crippen molar-refractivity contribution in [2.75, 3.05) is 6.61 Å². The third-order valence-corrected chi connectivity index (χ3v) is 4.59. The molecule has 1 atom stereocenters. The molecule has 1 rings (SSSR count). The van der Waals surface area contributed by atoms with E-state index in [1.54, 1.807) is 0 Å². The van der Waals surface area contributed by atoms with Crippen molar-refractivity contribution in [1.29, 1.82) is 0 Å². The van der Waals surface area contributed by atoms with Crippen LogP contribution in [-0.2, 0) is 19.1 Å². The molecule has 0 radical (unpaired) electrons. The fraction of sp³-hybridized carbons (Fsp3) is 0.867. The van der Waals surface area contributed by atoms with E-state index < -0.39 is 42.2 Å². The van der Waals surface area contributed by atoms with Crippen LogP contribution >= 0.6 is 0 Å². The van der Waals surface area contributed by atoms with Crippen LogP contribution in [0.1, 0.15) is 59.3 Å². The molecule has 128 valence electrons. The Balaban J connectivity index is 2.58. The van der Waals surface area contributed by atoms with Gasteiger partial charge in [-0.2, -0.15) is 13.2 Å². The Morgan fingerprint density at radius 2 is 1.68 bits per heavy atom. The molecule has 1 saturated carbocycles. The lowest BCUT2D eigenvalue weighted by Crippen LogP contribution is -2.44. The minimum atomic E-state index is -4.72. The average molecular weight is 324 g/mol. The Bertz CT molecular complexity index is 414. The van der Waals surface area contributed by atoms with Crippen molar-refractivity contribution >= 4 is 11.9 Å². The Kier molecular flexibility index (Phi) is 5.87. The Morgan fingerprint density at radius 3 is 2.09 bits per heavy atom. The van der Waals surface area contributed by atoms with E-state index in [0.717, 1.165) is 32.6 Å². The number of rotatable bonds is 6. The molecule has 0 aliphatic heterocycles. The number of halogens is 3. The van der Waals surface area contributed by atoms with Crippen LogP contribution in [0.2, 0.25) is 0 Å². The molecule has 0 bridgehead atoms. The zero-order valence-corrected chi connectivity index (χ0v) is 13.2. The van der Waals surface area contributed by atoms with E-state index >= 15 is 0 Å². The first kappa shape index (κ1) is 18.8. The van der Waals surface area contributed by atoms with Gasteiger partial charge in [-0.3, -0.25) is 4.79 Å². The summed E-state index contributed by atoms with van der Waals surface area (Å²) in [6.07, 6.45) is -1.17. The first-order valence-electron chi connectivity index (χ1n) is 7.56. The topological polar surface area (TPSA) is 52.6 Å². The van der Waals surface area contributed by atoms with Gasteiger partial charge in [-0.25, -0.2) is 4.79 Å². The number of ether oxygens (including phenoxy) is 2. The second-order valence-electron chi connectivity index (χ2n) is 5.98. The normalized spacial score (nSPS) is 20.3. The van der Waals surface area contributed by atoms with Crippen LogP contribution in [0.25, 0.3) is 0 Å². The molecule has 7 heteroatoms. The highest BCUT2D eigenvalue weighted by Gasteiger charge is 2.56. The second-order valence-corrected chi connectivity index (χ2v) is 5.98. The van der Waals surface area contributed by atoms with Gasteiger partial charge in [-0.1, -0.05) is 13.8 Å². The van der Waals surface area contributed by atoms with E-state index in [4.69, 9.17) is 4.74 Å². The van der Waals surface area contributed by atoms with Crippen molar-refractivity contribution in [3.05, 3.63) is 0 Å². The van der Waals surface area contributed by atoms with Crippen LogP contribution < -0.4 is 0 Å². The number of carbonyl (C=O) groups excluding carboxylic acids is 2. The van der Waals surface area contributed by atoms with Crippen LogP contribution in [-0.4, -0.2) is 30.3 Å². The first-order chi connectivity index (χ1) is 10.1. The van der Waals surface area contributed by atoms with E-state index in [1.165, 1.54) is 6.92 Å². The number of alkyl halides is 3. The molecule has 1 aliphatic carbocycles. The Labute approximate surface area is 128 Å². The molecule has 0 N–H and O–H groups in total. The smallest absolute Gasteiger partial charge is 0.404 e. The van der Waals surface area contributed by atoms with Gasteiger partial charge < -0.3 is 9.47 Å². The van der Waals surface area contributed by atoms with Gasteiger partial charge in [-0.15, -0.1) is 0 Å². The summed E-state index contributed by atoms with van der Waals surface area (Å²) in [6, 6.07) is 0. The quantitative estimate of drug-likeness (QED) is 0.698. The standard InChI is InChI=1S/C15H23F3O4/c1-4-13(3,15(16,17)18)12(20)21-10-11(19)22-14(5-2)8-6-7-9-14/h4-10H2,1-3H3. The lowest BCUT2D eigenvalue weighted by Gasteiger charge is -2.29. The number of hydrogen-bond acceptors (Lipinski definition) is 4. The number of carbonyl (C=O) groups is 2. The largest absolute Gasteiger partial charge is 0.457 e. The summed E-state index contributed by atoms with van der Waals surface area (Å²) in [5, 5.41) is 0. The highest BCUT2D eigenvalue weighted by atomic mass is 19.4. The zero-order chi connectivity index (χ0) is 17.0. The van der Waals surface area contributed by atoms with Crippen LogP contribution in [0, 0.1) is 5.41 Å². The van der Waals surface area contributed by atoms with E-state index in [1.807, 2.05) is 6.92 Å². The molecule has 1 aliphatic rings. The van der Waals surface area contributed by atoms with Gasteiger partial charge in [0.05, 0.1) is 0 Å². The monoisotopic (exact) mass is 324 g/mol. The fourth-order valence-corrected chi connectivity index (χ4v) is 2.56. The van der Waals surface area contributed by atoms with Gasteiger partial charge >= 0.3 is 18.1 Å².